The second-order valence-electron chi connectivity index (χ2n) is 8.42. The third-order valence-electron chi connectivity index (χ3n) is 5.80. The van der Waals surface area contributed by atoms with Crippen LogP contribution in [0.25, 0.3) is 17.5 Å². The number of rotatable bonds is 15. The van der Waals surface area contributed by atoms with Crippen molar-refractivity contribution in [2.75, 3.05) is 6.61 Å². The van der Waals surface area contributed by atoms with Crippen LogP contribution in [0.15, 0.2) is 47.2 Å². The molecule has 0 amide bonds. The molecule has 1 aliphatic heterocycles. The molecule has 2 aromatic rings. The first-order chi connectivity index (χ1) is 15.3. The molecule has 0 fully saturated rings. The molecule has 0 saturated heterocycles. The number of hydrogen-bond donors (Lipinski definition) is 2. The summed E-state index contributed by atoms with van der Waals surface area (Å²) in [5.74, 6) is 0.867. The molecule has 2 aromatic heterocycles. The zero-order valence-electron chi connectivity index (χ0n) is 19.8. The Labute approximate surface area is 200 Å². The summed E-state index contributed by atoms with van der Waals surface area (Å²) in [4.78, 5) is 11.5. The van der Waals surface area contributed by atoms with E-state index in [1.165, 1.54) is 69.9 Å². The highest BCUT2D eigenvalue weighted by atomic mass is 35.5. The van der Waals surface area contributed by atoms with E-state index in [1.807, 2.05) is 19.2 Å². The molecule has 4 nitrogen and oxygen atoms in total. The zero-order chi connectivity index (χ0) is 21.7. The van der Waals surface area contributed by atoms with Gasteiger partial charge in [0.25, 0.3) is 0 Å². The molecule has 1 aliphatic rings. The molecule has 0 bridgehead atoms. The van der Waals surface area contributed by atoms with Crippen molar-refractivity contribution in [1.29, 1.82) is 0 Å². The maximum atomic E-state index is 5.83. The Hall–Kier alpha value is -2.20. The normalized spacial score (nSPS) is 14.1. The van der Waals surface area contributed by atoms with Crippen molar-refractivity contribution in [3.8, 4) is 17.1 Å². The molecule has 5 heteroatoms. The Bertz CT molecular complexity index is 862. The fourth-order valence-electron chi connectivity index (χ4n) is 4.06. The van der Waals surface area contributed by atoms with Gasteiger partial charge in [-0.2, -0.15) is 0 Å². The molecule has 176 valence electrons. The van der Waals surface area contributed by atoms with Gasteiger partial charge in [-0.3, -0.25) is 4.99 Å². The zero-order valence-corrected chi connectivity index (χ0v) is 20.6. The van der Waals surface area contributed by atoms with Crippen molar-refractivity contribution >= 4 is 24.2 Å². The average Bonchev–Trinajstić information content (AvgIpc) is 3.52. The highest BCUT2D eigenvalue weighted by molar-refractivity contribution is 5.99. The summed E-state index contributed by atoms with van der Waals surface area (Å²) >= 11 is 0. The van der Waals surface area contributed by atoms with Gasteiger partial charge >= 0.3 is 0 Å². The van der Waals surface area contributed by atoms with Crippen LogP contribution in [0.1, 0.15) is 90.2 Å². The van der Waals surface area contributed by atoms with Gasteiger partial charge in [0.1, 0.15) is 5.75 Å². The molecule has 0 atom stereocenters. The lowest BCUT2D eigenvalue weighted by atomic mass is 10.0. The van der Waals surface area contributed by atoms with Crippen LogP contribution in [0.4, 0.5) is 0 Å². The number of allylic oxidation sites excluding steroid dienone is 2. The predicted molar refractivity (Wildman–Crippen MR) is 140 cm³/mol. The largest absolute Gasteiger partial charge is 0.492 e. The molecule has 0 aromatic carbocycles. The van der Waals surface area contributed by atoms with E-state index in [0.717, 1.165) is 34.9 Å². The van der Waals surface area contributed by atoms with Gasteiger partial charge < -0.3 is 14.7 Å². The van der Waals surface area contributed by atoms with E-state index < -0.39 is 0 Å². The summed E-state index contributed by atoms with van der Waals surface area (Å²) in [7, 11) is 0. The second kappa shape index (κ2) is 14.8. The quantitative estimate of drug-likeness (QED) is 0.259. The highest BCUT2D eigenvalue weighted by Crippen LogP contribution is 2.29. The van der Waals surface area contributed by atoms with Gasteiger partial charge in [0.05, 0.1) is 29.4 Å². The maximum absolute atomic E-state index is 5.83. The summed E-state index contributed by atoms with van der Waals surface area (Å²) in [5, 5.41) is 0. The van der Waals surface area contributed by atoms with Crippen LogP contribution in [0.3, 0.4) is 0 Å². The predicted octanol–water partition coefficient (Wildman–Crippen LogP) is 8.49. The number of hydrogen-bond acceptors (Lipinski definition) is 2. The van der Waals surface area contributed by atoms with Crippen molar-refractivity contribution in [3.05, 3.63) is 47.9 Å². The van der Waals surface area contributed by atoms with Crippen LogP contribution in [0, 0.1) is 0 Å². The summed E-state index contributed by atoms with van der Waals surface area (Å²) in [6.45, 7) is 4.93. The monoisotopic (exact) mass is 457 g/mol. The van der Waals surface area contributed by atoms with Crippen LogP contribution in [-0.4, -0.2) is 22.3 Å². The van der Waals surface area contributed by atoms with Gasteiger partial charge in [0, 0.05) is 18.0 Å². The first-order valence-corrected chi connectivity index (χ1v) is 12.3. The van der Waals surface area contributed by atoms with Crippen LogP contribution < -0.4 is 4.74 Å². The standard InChI is InChI=1S/C27H39N3O.ClH/c1-3-5-6-7-8-9-10-11-12-13-15-22-17-18-23(29-22)20-26-27(31-4-2)21-25(30-26)24-16-14-19-28-24;/h14,16-21,28,30H,3-13,15H2,1-2H3;1H. The molecule has 0 spiro atoms. The molecule has 0 radical (unpaired) electrons. The second-order valence-corrected chi connectivity index (χ2v) is 8.42. The Morgan fingerprint density at radius 1 is 0.906 bits per heavy atom. The van der Waals surface area contributed by atoms with E-state index in [0.29, 0.717) is 6.61 Å². The number of nitrogens with zero attached hydrogens (tertiary/aromatic N) is 1. The molecule has 0 saturated carbocycles. The van der Waals surface area contributed by atoms with E-state index in [2.05, 4.69) is 47.3 Å². The number of aromatic amines is 2. The minimum atomic E-state index is 0. The average molecular weight is 458 g/mol. The fourth-order valence-corrected chi connectivity index (χ4v) is 4.06. The van der Waals surface area contributed by atoms with Crippen LogP contribution in [0.5, 0.6) is 5.75 Å². The van der Waals surface area contributed by atoms with Gasteiger partial charge in [-0.1, -0.05) is 64.7 Å². The van der Waals surface area contributed by atoms with Gasteiger partial charge in [0.2, 0.25) is 0 Å². The van der Waals surface area contributed by atoms with E-state index in [4.69, 9.17) is 9.73 Å². The topological polar surface area (TPSA) is 53.2 Å². The number of unbranched alkanes of at least 4 members (excludes halogenated alkanes) is 9. The van der Waals surface area contributed by atoms with Crippen molar-refractivity contribution in [3.63, 3.8) is 0 Å². The van der Waals surface area contributed by atoms with Gasteiger partial charge in [0.15, 0.2) is 0 Å². The Kier molecular flexibility index (Phi) is 12.0. The fraction of sp³-hybridized carbons (Fsp3) is 0.519. The Morgan fingerprint density at radius 3 is 2.28 bits per heavy atom. The van der Waals surface area contributed by atoms with E-state index in [-0.39, 0.29) is 12.4 Å². The number of H-pyrrole nitrogens is 2. The molecule has 0 unspecified atom stereocenters. The Balaban J connectivity index is 0.00000363. The number of aliphatic imine (C=N–C) groups is 1. The number of ether oxygens (including phenoxy) is 1. The third kappa shape index (κ3) is 8.38. The van der Waals surface area contributed by atoms with Crippen molar-refractivity contribution in [2.24, 2.45) is 4.99 Å². The van der Waals surface area contributed by atoms with Crippen LogP contribution in [0.2, 0.25) is 0 Å². The summed E-state index contributed by atoms with van der Waals surface area (Å²) in [6, 6.07) is 6.10. The van der Waals surface area contributed by atoms with Gasteiger partial charge in [-0.25, -0.2) is 0 Å². The van der Waals surface area contributed by atoms with E-state index in [9.17, 15) is 0 Å². The first-order valence-electron chi connectivity index (χ1n) is 12.3. The van der Waals surface area contributed by atoms with Crippen LogP contribution in [-0.2, 0) is 0 Å². The summed E-state index contributed by atoms with van der Waals surface area (Å²) in [6.07, 6.45) is 23.0. The summed E-state index contributed by atoms with van der Waals surface area (Å²) in [5.41, 5.74) is 5.23. The molecule has 0 aliphatic carbocycles. The molecule has 32 heavy (non-hydrogen) atoms. The Morgan fingerprint density at radius 2 is 1.62 bits per heavy atom. The maximum Gasteiger partial charge on any atom is 0.144 e. The van der Waals surface area contributed by atoms with Crippen molar-refractivity contribution in [2.45, 2.75) is 84.5 Å². The SMILES string of the molecule is CCCCCCCCCCCCC1=NC(=Cc2[nH]c(-c3ccc[nH]3)cc2OCC)C=C1.Cl. The number of aromatic nitrogens is 2. The van der Waals surface area contributed by atoms with Crippen LogP contribution >= 0.6 is 12.4 Å². The molecule has 3 rings (SSSR count). The lowest BCUT2D eigenvalue weighted by Crippen LogP contribution is -1.92. The van der Waals surface area contributed by atoms with Gasteiger partial charge in [-0.05, 0) is 50.1 Å². The molecule has 2 N–H and O–H groups in total. The molecular weight excluding hydrogens is 418 g/mol. The highest BCUT2D eigenvalue weighted by Gasteiger charge is 2.12. The lowest BCUT2D eigenvalue weighted by Gasteiger charge is -2.02. The minimum absolute atomic E-state index is 0. The number of halogens is 1. The third-order valence-corrected chi connectivity index (χ3v) is 5.80. The van der Waals surface area contributed by atoms with Crippen molar-refractivity contribution < 1.29 is 4.74 Å². The first kappa shape index (κ1) is 26.1. The smallest absolute Gasteiger partial charge is 0.144 e. The lowest BCUT2D eigenvalue weighted by molar-refractivity contribution is 0.340. The van der Waals surface area contributed by atoms with Crippen molar-refractivity contribution in [1.82, 2.24) is 9.97 Å². The number of nitrogens with one attached hydrogen (secondary N) is 2. The van der Waals surface area contributed by atoms with E-state index in [1.54, 1.807) is 0 Å². The summed E-state index contributed by atoms with van der Waals surface area (Å²) < 4.78 is 5.83. The molecule has 3 heterocycles. The molecular formula is C27H40ClN3O. The van der Waals surface area contributed by atoms with Gasteiger partial charge in [-0.15, -0.1) is 12.4 Å². The minimum Gasteiger partial charge on any atom is -0.492 e. The van der Waals surface area contributed by atoms with E-state index >= 15 is 0 Å².